The summed E-state index contributed by atoms with van der Waals surface area (Å²) in [4.78, 5) is 17.2. The molecule has 0 saturated carbocycles. The molecule has 0 fully saturated rings. The summed E-state index contributed by atoms with van der Waals surface area (Å²) in [6, 6.07) is 5.49. The zero-order valence-electron chi connectivity index (χ0n) is 13.8. The fourth-order valence-electron chi connectivity index (χ4n) is 1.74. The molecule has 2 N–H and O–H groups in total. The third kappa shape index (κ3) is 5.16. The van der Waals surface area contributed by atoms with Crippen LogP contribution in [0.25, 0.3) is 0 Å². The lowest BCUT2D eigenvalue weighted by Crippen LogP contribution is -2.34. The Morgan fingerprint density at radius 3 is 2.45 bits per heavy atom. The monoisotopic (exact) mass is 308 g/mol. The summed E-state index contributed by atoms with van der Waals surface area (Å²) in [5.74, 6) is 1.94. The van der Waals surface area contributed by atoms with Gasteiger partial charge in [0.25, 0.3) is 0 Å². The summed E-state index contributed by atoms with van der Waals surface area (Å²) in [5.41, 5.74) is 0.810. The van der Waals surface area contributed by atoms with Crippen LogP contribution in [0.4, 0.5) is 5.69 Å². The van der Waals surface area contributed by atoms with Crippen molar-refractivity contribution in [1.29, 1.82) is 0 Å². The van der Waals surface area contributed by atoms with Crippen molar-refractivity contribution >= 4 is 17.6 Å². The Kier molecular flexibility index (Phi) is 7.01. The lowest BCUT2D eigenvalue weighted by molar-refractivity contribution is -0.128. The van der Waals surface area contributed by atoms with Crippen LogP contribution < -0.4 is 20.1 Å². The number of guanidine groups is 1. The van der Waals surface area contributed by atoms with Crippen LogP contribution in [0.1, 0.15) is 6.42 Å². The van der Waals surface area contributed by atoms with Crippen LogP contribution in [0.5, 0.6) is 11.5 Å². The second kappa shape index (κ2) is 8.76. The molecule has 1 amide bonds. The highest BCUT2D eigenvalue weighted by Crippen LogP contribution is 2.29. The highest BCUT2D eigenvalue weighted by molar-refractivity contribution is 5.94. The fourth-order valence-corrected chi connectivity index (χ4v) is 1.74. The van der Waals surface area contributed by atoms with E-state index in [1.165, 1.54) is 0 Å². The van der Waals surface area contributed by atoms with E-state index < -0.39 is 0 Å². The predicted molar refractivity (Wildman–Crippen MR) is 87.8 cm³/mol. The Morgan fingerprint density at radius 2 is 1.91 bits per heavy atom. The molecule has 7 nitrogen and oxygen atoms in total. The Labute approximate surface area is 131 Å². The number of nitrogens with zero attached hydrogens (tertiary/aromatic N) is 2. The van der Waals surface area contributed by atoms with Crippen LogP contribution >= 0.6 is 0 Å². The smallest absolute Gasteiger partial charge is 0.223 e. The molecule has 0 radical (unpaired) electrons. The van der Waals surface area contributed by atoms with Gasteiger partial charge in [-0.1, -0.05) is 0 Å². The second-order valence-electron chi connectivity index (χ2n) is 4.73. The van der Waals surface area contributed by atoms with Crippen molar-refractivity contribution in [3.8, 4) is 11.5 Å². The zero-order valence-corrected chi connectivity index (χ0v) is 13.8. The number of ether oxygens (including phenoxy) is 2. The Bertz CT molecular complexity index is 530. The van der Waals surface area contributed by atoms with Crippen molar-refractivity contribution in [3.63, 3.8) is 0 Å². The first-order valence-electron chi connectivity index (χ1n) is 6.91. The highest BCUT2D eigenvalue weighted by atomic mass is 16.5. The van der Waals surface area contributed by atoms with E-state index in [0.29, 0.717) is 30.4 Å². The first kappa shape index (κ1) is 17.6. The molecular weight excluding hydrogens is 284 g/mol. The molecule has 0 atom stereocenters. The number of carbonyl (C=O) groups is 1. The topological polar surface area (TPSA) is 75.2 Å². The molecule has 1 aromatic carbocycles. The van der Waals surface area contributed by atoms with E-state index in [4.69, 9.17) is 9.47 Å². The van der Waals surface area contributed by atoms with Crippen LogP contribution in [0.2, 0.25) is 0 Å². The van der Waals surface area contributed by atoms with Crippen LogP contribution in [0.3, 0.4) is 0 Å². The van der Waals surface area contributed by atoms with E-state index in [1.807, 2.05) is 18.2 Å². The van der Waals surface area contributed by atoms with E-state index >= 15 is 0 Å². The molecule has 1 rings (SSSR count). The Balaban J connectivity index is 2.61. The number of rotatable bonds is 6. The third-order valence-corrected chi connectivity index (χ3v) is 3.00. The number of aliphatic imine (C=N–C) groups is 1. The third-order valence-electron chi connectivity index (χ3n) is 3.00. The number of benzene rings is 1. The van der Waals surface area contributed by atoms with E-state index in [9.17, 15) is 4.79 Å². The molecule has 0 bridgehead atoms. The molecule has 0 heterocycles. The average molecular weight is 308 g/mol. The summed E-state index contributed by atoms with van der Waals surface area (Å²) >= 11 is 0. The first-order chi connectivity index (χ1) is 10.5. The maximum absolute atomic E-state index is 11.5. The highest BCUT2D eigenvalue weighted by Gasteiger charge is 2.07. The number of hydrogen-bond acceptors (Lipinski definition) is 4. The van der Waals surface area contributed by atoms with Gasteiger partial charge in [-0.05, 0) is 12.1 Å². The molecule has 0 unspecified atom stereocenters. The van der Waals surface area contributed by atoms with Gasteiger partial charge in [-0.25, -0.2) is 0 Å². The van der Waals surface area contributed by atoms with Crippen LogP contribution in [0, 0.1) is 0 Å². The van der Waals surface area contributed by atoms with Crippen molar-refractivity contribution in [1.82, 2.24) is 10.2 Å². The number of hydrogen-bond donors (Lipinski definition) is 2. The summed E-state index contributed by atoms with van der Waals surface area (Å²) in [6.45, 7) is 0.504. The summed E-state index contributed by atoms with van der Waals surface area (Å²) < 4.78 is 10.5. The van der Waals surface area contributed by atoms with Gasteiger partial charge < -0.3 is 25.0 Å². The molecule has 0 aliphatic heterocycles. The Hall–Kier alpha value is -2.44. The SMILES string of the molecule is CN=C(NCCC(=O)N(C)C)Nc1ccc(OC)c(OC)c1. The van der Waals surface area contributed by atoms with Crippen molar-refractivity contribution < 1.29 is 14.3 Å². The minimum atomic E-state index is 0.0640. The number of methoxy groups -OCH3 is 2. The summed E-state index contributed by atoms with van der Waals surface area (Å²) in [6.07, 6.45) is 0.402. The van der Waals surface area contributed by atoms with Crippen molar-refractivity contribution in [3.05, 3.63) is 18.2 Å². The zero-order chi connectivity index (χ0) is 16.5. The summed E-state index contributed by atoms with van der Waals surface area (Å²) in [7, 11) is 8.32. The number of anilines is 1. The van der Waals surface area contributed by atoms with Crippen molar-refractivity contribution in [2.75, 3.05) is 47.2 Å². The molecule has 0 spiro atoms. The summed E-state index contributed by atoms with van der Waals surface area (Å²) in [5, 5.41) is 6.23. The number of amides is 1. The van der Waals surface area contributed by atoms with Gasteiger partial charge in [-0.3, -0.25) is 9.79 Å². The minimum Gasteiger partial charge on any atom is -0.493 e. The fraction of sp³-hybridized carbons (Fsp3) is 0.467. The van der Waals surface area contributed by atoms with Gasteiger partial charge in [0, 0.05) is 45.9 Å². The molecule has 1 aromatic rings. The number of nitrogens with one attached hydrogen (secondary N) is 2. The van der Waals surface area contributed by atoms with Gasteiger partial charge in [-0.15, -0.1) is 0 Å². The van der Waals surface area contributed by atoms with Crippen LogP contribution in [-0.2, 0) is 4.79 Å². The molecule has 122 valence electrons. The maximum Gasteiger partial charge on any atom is 0.223 e. The minimum absolute atomic E-state index is 0.0640. The molecule has 0 aliphatic rings. The van der Waals surface area contributed by atoms with Gasteiger partial charge in [0.1, 0.15) is 0 Å². The quantitative estimate of drug-likeness (QED) is 0.609. The molecule has 22 heavy (non-hydrogen) atoms. The molecule has 0 aromatic heterocycles. The molecule has 7 heteroatoms. The number of carbonyl (C=O) groups excluding carboxylic acids is 1. The Morgan fingerprint density at radius 1 is 1.23 bits per heavy atom. The van der Waals surface area contributed by atoms with Crippen LogP contribution in [-0.4, -0.2) is 58.7 Å². The van der Waals surface area contributed by atoms with Gasteiger partial charge in [0.15, 0.2) is 17.5 Å². The first-order valence-corrected chi connectivity index (χ1v) is 6.91. The standard InChI is InChI=1S/C15H24N4O3/c1-16-15(17-9-8-14(20)19(2)3)18-11-6-7-12(21-4)13(10-11)22-5/h6-7,10H,8-9H2,1-5H3,(H2,16,17,18). The lowest BCUT2D eigenvalue weighted by atomic mass is 10.2. The normalized spacial score (nSPS) is 10.9. The van der Waals surface area contributed by atoms with E-state index in [2.05, 4.69) is 15.6 Å². The molecular formula is C15H24N4O3. The maximum atomic E-state index is 11.5. The van der Waals surface area contributed by atoms with Gasteiger partial charge >= 0.3 is 0 Å². The van der Waals surface area contributed by atoms with Crippen molar-refractivity contribution in [2.45, 2.75) is 6.42 Å². The van der Waals surface area contributed by atoms with E-state index in [0.717, 1.165) is 5.69 Å². The second-order valence-corrected chi connectivity index (χ2v) is 4.73. The lowest BCUT2D eigenvalue weighted by Gasteiger charge is -2.15. The van der Waals surface area contributed by atoms with Crippen LogP contribution in [0.15, 0.2) is 23.2 Å². The van der Waals surface area contributed by atoms with E-state index in [1.54, 1.807) is 40.3 Å². The largest absolute Gasteiger partial charge is 0.493 e. The average Bonchev–Trinajstić information content (AvgIpc) is 2.53. The van der Waals surface area contributed by atoms with Gasteiger partial charge in [0.2, 0.25) is 5.91 Å². The molecule has 0 aliphatic carbocycles. The van der Waals surface area contributed by atoms with Gasteiger partial charge in [0.05, 0.1) is 14.2 Å². The van der Waals surface area contributed by atoms with Gasteiger partial charge in [-0.2, -0.15) is 0 Å². The predicted octanol–water partition coefficient (Wildman–Crippen LogP) is 1.17. The molecule has 0 saturated heterocycles. The van der Waals surface area contributed by atoms with E-state index in [-0.39, 0.29) is 5.91 Å². The van der Waals surface area contributed by atoms with Crippen molar-refractivity contribution in [2.24, 2.45) is 4.99 Å².